The molecule has 0 bridgehead atoms. The van der Waals surface area contributed by atoms with Crippen LogP contribution in [0.25, 0.3) is 0 Å². The molecule has 7 nitrogen and oxygen atoms in total. The van der Waals surface area contributed by atoms with Crippen LogP contribution in [-0.2, 0) is 17.8 Å². The minimum absolute atomic E-state index is 0.131. The highest BCUT2D eigenvalue weighted by atomic mass is 32.1. The van der Waals surface area contributed by atoms with Crippen molar-refractivity contribution in [3.8, 4) is 0 Å². The van der Waals surface area contributed by atoms with Gasteiger partial charge >= 0.3 is 0 Å². The summed E-state index contributed by atoms with van der Waals surface area (Å²) in [6.07, 6.45) is 5.10. The second-order valence-electron chi connectivity index (χ2n) is 6.66. The molecule has 24 heavy (non-hydrogen) atoms. The van der Waals surface area contributed by atoms with Gasteiger partial charge in [0.1, 0.15) is 5.69 Å². The van der Waals surface area contributed by atoms with Crippen LogP contribution < -0.4 is 5.32 Å². The fourth-order valence-corrected chi connectivity index (χ4v) is 3.49. The lowest BCUT2D eigenvalue weighted by molar-refractivity contribution is -0.140. The second kappa shape index (κ2) is 6.27. The summed E-state index contributed by atoms with van der Waals surface area (Å²) < 4.78 is 0. The lowest BCUT2D eigenvalue weighted by Gasteiger charge is -2.31. The highest BCUT2D eigenvalue weighted by Gasteiger charge is 2.31. The van der Waals surface area contributed by atoms with Gasteiger partial charge < -0.3 is 4.90 Å². The van der Waals surface area contributed by atoms with Crippen molar-refractivity contribution in [2.24, 2.45) is 5.41 Å². The van der Waals surface area contributed by atoms with Crippen LogP contribution in [0.1, 0.15) is 41.8 Å². The third-order valence-electron chi connectivity index (χ3n) is 3.68. The Morgan fingerprint density at radius 1 is 1.29 bits per heavy atom. The summed E-state index contributed by atoms with van der Waals surface area (Å²) in [5.74, 6) is -0.205. The predicted octanol–water partition coefficient (Wildman–Crippen LogP) is 2.12. The summed E-state index contributed by atoms with van der Waals surface area (Å²) in [7, 11) is 0. The molecule has 0 unspecified atom stereocenters. The van der Waals surface area contributed by atoms with Gasteiger partial charge in [0, 0.05) is 35.7 Å². The Morgan fingerprint density at radius 3 is 2.75 bits per heavy atom. The highest BCUT2D eigenvalue weighted by molar-refractivity contribution is 7.15. The molecule has 0 atom stereocenters. The fourth-order valence-electron chi connectivity index (χ4n) is 2.47. The molecule has 0 aromatic carbocycles. The van der Waals surface area contributed by atoms with Gasteiger partial charge in [0.25, 0.3) is 5.91 Å². The largest absolute Gasteiger partial charge is 0.337 e. The SMILES string of the molecule is CC(C)(C)C(=O)N1CCc2nc(NC(=O)c3cnccn3)sc2C1. The van der Waals surface area contributed by atoms with Crippen LogP contribution in [0.15, 0.2) is 18.6 Å². The molecule has 0 fully saturated rings. The second-order valence-corrected chi connectivity index (χ2v) is 7.74. The number of nitrogens with zero attached hydrogens (tertiary/aromatic N) is 4. The molecule has 2 aromatic heterocycles. The minimum Gasteiger partial charge on any atom is -0.337 e. The van der Waals surface area contributed by atoms with E-state index >= 15 is 0 Å². The summed E-state index contributed by atoms with van der Waals surface area (Å²) in [6, 6.07) is 0. The Morgan fingerprint density at radius 2 is 2.08 bits per heavy atom. The molecule has 0 aliphatic carbocycles. The standard InChI is InChI=1S/C16H19N5O2S/c1-16(2,3)14(23)21-7-4-10-12(9-21)24-15(19-10)20-13(22)11-8-17-5-6-18-11/h5-6,8H,4,7,9H2,1-3H3,(H,19,20,22). The van der Waals surface area contributed by atoms with Crippen molar-refractivity contribution in [1.82, 2.24) is 19.9 Å². The summed E-state index contributed by atoms with van der Waals surface area (Å²) in [5.41, 5.74) is 0.799. The molecule has 3 heterocycles. The van der Waals surface area contributed by atoms with Crippen LogP contribution in [0, 0.1) is 5.41 Å². The zero-order valence-corrected chi connectivity index (χ0v) is 14.7. The van der Waals surface area contributed by atoms with Gasteiger partial charge in [-0.05, 0) is 0 Å². The molecule has 0 radical (unpaired) electrons. The maximum atomic E-state index is 12.4. The molecule has 0 spiro atoms. The first-order chi connectivity index (χ1) is 11.3. The van der Waals surface area contributed by atoms with Gasteiger partial charge in [0.2, 0.25) is 5.91 Å². The zero-order chi connectivity index (χ0) is 17.3. The molecular formula is C16H19N5O2S. The van der Waals surface area contributed by atoms with Gasteiger partial charge in [-0.1, -0.05) is 32.1 Å². The number of thiazole rings is 1. The number of rotatable bonds is 2. The smallest absolute Gasteiger partial charge is 0.277 e. The highest BCUT2D eigenvalue weighted by Crippen LogP contribution is 2.30. The van der Waals surface area contributed by atoms with Crippen molar-refractivity contribution >= 4 is 28.3 Å². The van der Waals surface area contributed by atoms with Crippen molar-refractivity contribution in [1.29, 1.82) is 0 Å². The minimum atomic E-state index is -0.398. The number of nitrogens with one attached hydrogen (secondary N) is 1. The van der Waals surface area contributed by atoms with Gasteiger partial charge in [0.15, 0.2) is 5.13 Å². The monoisotopic (exact) mass is 345 g/mol. The molecule has 1 aliphatic heterocycles. The van der Waals surface area contributed by atoms with E-state index in [1.54, 1.807) is 0 Å². The molecule has 126 valence electrons. The summed E-state index contributed by atoms with van der Waals surface area (Å²) >= 11 is 1.40. The Labute approximate surface area is 144 Å². The lowest BCUT2D eigenvalue weighted by atomic mass is 9.94. The van der Waals surface area contributed by atoms with E-state index in [1.807, 2.05) is 25.7 Å². The lowest BCUT2D eigenvalue weighted by Crippen LogP contribution is -2.42. The first-order valence-corrected chi connectivity index (χ1v) is 8.51. The Hall–Kier alpha value is -2.35. The fraction of sp³-hybridized carbons (Fsp3) is 0.438. The summed E-state index contributed by atoms with van der Waals surface area (Å²) in [4.78, 5) is 39.7. The van der Waals surface area contributed by atoms with Crippen molar-refractivity contribution < 1.29 is 9.59 Å². The van der Waals surface area contributed by atoms with Gasteiger partial charge in [-0.15, -0.1) is 0 Å². The van der Waals surface area contributed by atoms with Crippen LogP contribution in [0.5, 0.6) is 0 Å². The number of hydrogen-bond donors (Lipinski definition) is 1. The van der Waals surface area contributed by atoms with Gasteiger partial charge in [-0.25, -0.2) is 9.97 Å². The molecule has 0 saturated carbocycles. The van der Waals surface area contributed by atoms with Crippen LogP contribution in [0.2, 0.25) is 0 Å². The van der Waals surface area contributed by atoms with E-state index < -0.39 is 5.41 Å². The third-order valence-corrected chi connectivity index (χ3v) is 4.67. The number of aromatic nitrogens is 3. The summed E-state index contributed by atoms with van der Waals surface area (Å²) in [6.45, 7) is 6.96. The molecule has 1 N–H and O–H groups in total. The first kappa shape index (κ1) is 16.5. The van der Waals surface area contributed by atoms with Crippen LogP contribution in [0.3, 0.4) is 0 Å². The Balaban J connectivity index is 1.72. The van der Waals surface area contributed by atoms with Gasteiger partial charge in [-0.2, -0.15) is 0 Å². The molecule has 0 saturated heterocycles. The zero-order valence-electron chi connectivity index (χ0n) is 13.9. The van der Waals surface area contributed by atoms with Gasteiger partial charge in [0.05, 0.1) is 18.4 Å². The average molecular weight is 345 g/mol. The number of hydrogen-bond acceptors (Lipinski definition) is 6. The average Bonchev–Trinajstić information content (AvgIpc) is 2.95. The number of carbonyl (C=O) groups excluding carboxylic acids is 2. The van der Waals surface area contributed by atoms with Crippen molar-refractivity contribution in [3.05, 3.63) is 34.9 Å². The maximum Gasteiger partial charge on any atom is 0.277 e. The topological polar surface area (TPSA) is 88.1 Å². The Bertz CT molecular complexity index is 767. The molecule has 1 aliphatic rings. The van der Waals surface area contributed by atoms with Crippen LogP contribution in [0.4, 0.5) is 5.13 Å². The number of carbonyl (C=O) groups is 2. The first-order valence-electron chi connectivity index (χ1n) is 7.70. The van der Waals surface area contributed by atoms with Crippen molar-refractivity contribution in [2.75, 3.05) is 11.9 Å². The van der Waals surface area contributed by atoms with Crippen LogP contribution >= 0.6 is 11.3 Å². The number of amides is 2. The van der Waals surface area contributed by atoms with Gasteiger partial charge in [-0.3, -0.25) is 19.9 Å². The van der Waals surface area contributed by atoms with E-state index in [1.165, 1.54) is 29.9 Å². The summed E-state index contributed by atoms with van der Waals surface area (Å²) in [5, 5.41) is 3.28. The van der Waals surface area contributed by atoms with E-state index in [0.717, 1.165) is 10.6 Å². The predicted molar refractivity (Wildman–Crippen MR) is 90.7 cm³/mol. The molecule has 2 aromatic rings. The third kappa shape index (κ3) is 3.43. The molecular weight excluding hydrogens is 326 g/mol. The van der Waals surface area contributed by atoms with Crippen LogP contribution in [-0.4, -0.2) is 38.2 Å². The molecule has 2 amide bonds. The molecule has 8 heteroatoms. The quantitative estimate of drug-likeness (QED) is 0.901. The molecule has 3 rings (SSSR count). The van der Waals surface area contributed by atoms with Crippen molar-refractivity contribution in [3.63, 3.8) is 0 Å². The van der Waals surface area contributed by atoms with E-state index in [4.69, 9.17) is 0 Å². The normalized spacial score (nSPS) is 14.2. The maximum absolute atomic E-state index is 12.4. The van der Waals surface area contributed by atoms with Crippen molar-refractivity contribution in [2.45, 2.75) is 33.7 Å². The number of fused-ring (bicyclic) bond motifs is 1. The van der Waals surface area contributed by atoms with E-state index in [-0.39, 0.29) is 17.5 Å². The Kier molecular flexibility index (Phi) is 4.31. The van der Waals surface area contributed by atoms with E-state index in [0.29, 0.717) is 24.6 Å². The van der Waals surface area contributed by atoms with E-state index in [9.17, 15) is 9.59 Å². The number of anilines is 1. The van der Waals surface area contributed by atoms with E-state index in [2.05, 4.69) is 20.3 Å².